The molecule has 4 N–H and O–H groups in total. The number of benzene rings is 2. The van der Waals surface area contributed by atoms with Crippen molar-refractivity contribution in [2.45, 2.75) is 82.8 Å². The first-order valence-electron chi connectivity index (χ1n) is 13.7. The zero-order valence-electron chi connectivity index (χ0n) is 23.9. The van der Waals surface area contributed by atoms with E-state index < -0.39 is 14.4 Å². The van der Waals surface area contributed by atoms with Gasteiger partial charge in [0, 0.05) is 17.1 Å². The van der Waals surface area contributed by atoms with Crippen LogP contribution < -0.4 is 11.1 Å². The van der Waals surface area contributed by atoms with Crippen LogP contribution in [0.15, 0.2) is 60.0 Å². The average molecular weight is 581 g/mol. The van der Waals surface area contributed by atoms with Crippen LogP contribution in [0.3, 0.4) is 0 Å². The number of carbonyl (C=O) groups is 2. The molecule has 214 valence electrons. The van der Waals surface area contributed by atoms with Crippen LogP contribution in [-0.4, -0.2) is 47.4 Å². The minimum absolute atomic E-state index is 0.00314. The van der Waals surface area contributed by atoms with Gasteiger partial charge in [0.25, 0.3) is 0 Å². The topological polar surface area (TPSA) is 118 Å². The van der Waals surface area contributed by atoms with E-state index in [1.165, 1.54) is 11.3 Å². The Balaban J connectivity index is 1.47. The molecule has 0 spiro atoms. The zero-order chi connectivity index (χ0) is 29.1. The minimum atomic E-state index is -2.19. The van der Waals surface area contributed by atoms with E-state index in [0.717, 1.165) is 24.0 Å². The molecular weight excluding hydrogens is 541 g/mol. The van der Waals surface area contributed by atoms with Gasteiger partial charge in [0.15, 0.2) is 13.4 Å². The van der Waals surface area contributed by atoms with Gasteiger partial charge in [-0.3, -0.25) is 9.69 Å². The summed E-state index contributed by atoms with van der Waals surface area (Å²) in [5.74, 6) is -0.164. The van der Waals surface area contributed by atoms with Gasteiger partial charge in [0.2, 0.25) is 5.91 Å². The quantitative estimate of drug-likeness (QED) is 0.242. The Kier molecular flexibility index (Phi) is 9.01. The van der Waals surface area contributed by atoms with E-state index in [0.29, 0.717) is 22.9 Å². The summed E-state index contributed by atoms with van der Waals surface area (Å²) < 4.78 is 6.93. The first-order chi connectivity index (χ1) is 18.8. The Morgan fingerprint density at radius 2 is 1.82 bits per heavy atom. The second kappa shape index (κ2) is 12.1. The zero-order valence-corrected chi connectivity index (χ0v) is 25.7. The van der Waals surface area contributed by atoms with E-state index in [1.807, 2.05) is 54.6 Å². The van der Waals surface area contributed by atoms with Crippen molar-refractivity contribution in [1.82, 2.24) is 9.88 Å². The molecule has 0 aliphatic carbocycles. The molecule has 1 saturated heterocycles. The molecule has 8 nitrogen and oxygen atoms in total. The fourth-order valence-corrected chi connectivity index (χ4v) is 6.83. The maximum atomic E-state index is 12.7. The molecule has 1 aliphatic heterocycles. The highest BCUT2D eigenvalue weighted by Crippen LogP contribution is 2.44. The lowest BCUT2D eigenvalue weighted by Crippen LogP contribution is -2.49. The van der Waals surface area contributed by atoms with Crippen LogP contribution >= 0.6 is 11.3 Å². The van der Waals surface area contributed by atoms with Crippen LogP contribution in [0.4, 0.5) is 15.6 Å². The molecule has 10 heteroatoms. The number of nitrogen functional groups attached to an aromatic ring is 1. The summed E-state index contributed by atoms with van der Waals surface area (Å²) in [4.78, 5) is 30.8. The summed E-state index contributed by atoms with van der Waals surface area (Å²) in [6.07, 6.45) is 1.01. The maximum Gasteiger partial charge on any atom is 0.407 e. The van der Waals surface area contributed by atoms with Gasteiger partial charge < -0.3 is 20.6 Å². The Bertz CT molecular complexity index is 1310. The summed E-state index contributed by atoms with van der Waals surface area (Å²) in [7, 11) is -2.19. The molecule has 2 aromatic carbocycles. The van der Waals surface area contributed by atoms with Gasteiger partial charge in [0.1, 0.15) is 0 Å². The number of nitrogens with zero attached hydrogens (tertiary/aromatic N) is 2. The smallest absolute Gasteiger partial charge is 0.407 e. The summed E-state index contributed by atoms with van der Waals surface area (Å²) in [6.45, 7) is 11.0. The highest BCUT2D eigenvalue weighted by atomic mass is 32.1. The van der Waals surface area contributed by atoms with Crippen LogP contribution in [-0.2, 0) is 22.1 Å². The third kappa shape index (κ3) is 7.10. The Morgan fingerprint density at radius 1 is 1.15 bits per heavy atom. The third-order valence-electron chi connectivity index (χ3n) is 8.09. The third-order valence-corrected chi connectivity index (χ3v) is 13.3. The Hall–Kier alpha value is -3.21. The molecule has 1 fully saturated rings. The molecule has 2 amide bonds. The standard InChI is InChI=1S/C30H40N4O4SSi/c1-30(2,3)40(4,5)38-27(21-9-7-6-8-10-21)25-16-15-24(34(25)29(36)37)17-20-11-13-22(14-12-20)32-26(35)18-23-19-39-28(31)33-23/h6-14,19,24-25,27H,15-18H2,1-5H3,(H2,31,33)(H,32,35)(H,36,37)/t24-,25-,27-/m1/s1. The lowest BCUT2D eigenvalue weighted by molar-refractivity contribution is -0.115. The molecule has 2 heterocycles. The maximum absolute atomic E-state index is 12.7. The van der Waals surface area contributed by atoms with E-state index in [-0.39, 0.29) is 35.6 Å². The lowest BCUT2D eigenvalue weighted by Gasteiger charge is -2.42. The van der Waals surface area contributed by atoms with Gasteiger partial charge in [0.05, 0.1) is 24.3 Å². The van der Waals surface area contributed by atoms with Crippen LogP contribution in [0.2, 0.25) is 18.1 Å². The van der Waals surface area contributed by atoms with Crippen LogP contribution in [0.25, 0.3) is 0 Å². The molecule has 3 atom stereocenters. The van der Waals surface area contributed by atoms with Crippen molar-refractivity contribution >= 4 is 42.5 Å². The number of carbonyl (C=O) groups excluding carboxylic acids is 1. The number of nitrogens with one attached hydrogen (secondary N) is 1. The predicted molar refractivity (Wildman–Crippen MR) is 163 cm³/mol. The molecule has 1 aromatic heterocycles. The van der Waals surface area contributed by atoms with Crippen molar-refractivity contribution in [2.75, 3.05) is 11.1 Å². The van der Waals surface area contributed by atoms with Gasteiger partial charge >= 0.3 is 6.09 Å². The van der Waals surface area contributed by atoms with Crippen molar-refractivity contribution < 1.29 is 19.1 Å². The number of carboxylic acid groups (broad SMARTS) is 1. The van der Waals surface area contributed by atoms with Gasteiger partial charge in [-0.1, -0.05) is 63.2 Å². The Morgan fingerprint density at radius 3 is 2.40 bits per heavy atom. The highest BCUT2D eigenvalue weighted by molar-refractivity contribution is 7.13. The van der Waals surface area contributed by atoms with Crippen LogP contribution in [0.1, 0.15) is 56.5 Å². The highest BCUT2D eigenvalue weighted by Gasteiger charge is 2.46. The molecule has 3 aromatic rings. The molecule has 0 radical (unpaired) electrons. The fraction of sp³-hybridized carbons (Fsp3) is 0.433. The lowest BCUT2D eigenvalue weighted by atomic mass is 10.0. The van der Waals surface area contributed by atoms with Crippen molar-refractivity contribution in [2.24, 2.45) is 0 Å². The van der Waals surface area contributed by atoms with Crippen molar-refractivity contribution in [3.05, 3.63) is 76.8 Å². The van der Waals surface area contributed by atoms with Gasteiger partial charge in [-0.15, -0.1) is 11.3 Å². The van der Waals surface area contributed by atoms with Crippen molar-refractivity contribution in [3.8, 4) is 0 Å². The molecular formula is C30H40N4O4SSi. The summed E-state index contributed by atoms with van der Waals surface area (Å²) >= 11 is 1.31. The molecule has 1 aliphatic rings. The van der Waals surface area contributed by atoms with Crippen molar-refractivity contribution in [3.63, 3.8) is 0 Å². The second-order valence-electron chi connectivity index (χ2n) is 12.0. The number of nitrogens with two attached hydrogens (primary N) is 1. The molecule has 40 heavy (non-hydrogen) atoms. The first kappa shape index (κ1) is 29.8. The number of aromatic nitrogens is 1. The first-order valence-corrected chi connectivity index (χ1v) is 17.5. The van der Waals surface area contributed by atoms with Crippen molar-refractivity contribution in [1.29, 1.82) is 0 Å². The summed E-state index contributed by atoms with van der Waals surface area (Å²) in [6, 6.07) is 17.2. The van der Waals surface area contributed by atoms with E-state index >= 15 is 0 Å². The second-order valence-corrected chi connectivity index (χ2v) is 17.6. The molecule has 0 saturated carbocycles. The normalized spacial score (nSPS) is 18.5. The SMILES string of the molecule is CC(C)(C)[Si](C)(C)O[C@H](c1ccccc1)[C@H]1CC[C@H](Cc2ccc(NC(=O)Cc3csc(N)n3)cc2)N1C(=O)O. The number of thiazole rings is 1. The minimum Gasteiger partial charge on any atom is -0.465 e. The monoisotopic (exact) mass is 580 g/mol. The van der Waals surface area contributed by atoms with Gasteiger partial charge in [-0.05, 0) is 60.7 Å². The van der Waals surface area contributed by atoms with E-state index in [9.17, 15) is 14.7 Å². The largest absolute Gasteiger partial charge is 0.465 e. The number of likely N-dealkylation sites (tertiary alicyclic amines) is 1. The molecule has 0 unspecified atom stereocenters. The molecule has 0 bridgehead atoms. The van der Waals surface area contributed by atoms with E-state index in [2.05, 4.69) is 44.2 Å². The van der Waals surface area contributed by atoms with E-state index in [1.54, 1.807) is 10.3 Å². The predicted octanol–water partition coefficient (Wildman–Crippen LogP) is 6.72. The average Bonchev–Trinajstić information content (AvgIpc) is 3.49. The van der Waals surface area contributed by atoms with Crippen LogP contribution in [0.5, 0.6) is 0 Å². The number of hydrogen-bond donors (Lipinski definition) is 3. The van der Waals surface area contributed by atoms with E-state index in [4.69, 9.17) is 10.2 Å². The Labute approximate surface area is 241 Å². The number of hydrogen-bond acceptors (Lipinski definition) is 6. The summed E-state index contributed by atoms with van der Waals surface area (Å²) in [5.41, 5.74) is 9.01. The number of amides is 2. The number of anilines is 2. The number of rotatable bonds is 9. The molecule has 4 rings (SSSR count). The van der Waals surface area contributed by atoms with Gasteiger partial charge in [-0.2, -0.15) is 0 Å². The summed E-state index contributed by atoms with van der Waals surface area (Å²) in [5, 5.41) is 15.5. The van der Waals surface area contributed by atoms with Crippen LogP contribution in [0, 0.1) is 0 Å². The fourth-order valence-electron chi connectivity index (χ4n) is 4.98. The van der Waals surface area contributed by atoms with Gasteiger partial charge in [-0.25, -0.2) is 9.78 Å².